The summed E-state index contributed by atoms with van der Waals surface area (Å²) < 4.78 is 80.2. The lowest BCUT2D eigenvalue weighted by atomic mass is 9.97. The summed E-state index contributed by atoms with van der Waals surface area (Å²) in [7, 11) is 3.00. The van der Waals surface area contributed by atoms with Gasteiger partial charge in [-0.05, 0) is 48.7 Å². The van der Waals surface area contributed by atoms with Crippen molar-refractivity contribution in [2.45, 2.75) is 44.1 Å². The SMILES string of the molecule is COc1ccc(C2CC(C(F)F)n3nc(-c4ccc(N(C(=O)C(F)(F)F)C5CNC5)cc4C)cc3N2)cc1OC. The standard InChI is InChI=1S/C27H28F5N5O3/c1-14-8-16(36(17-12-33-13-17)26(38)27(30,31)32)5-6-18(14)20-11-24-34-19(10-21(25(28)29)37(24)35-20)15-4-7-22(39-2)23(9-15)40-3/h4-9,11,17,19,21,25,33-34H,10,12-13H2,1-3H3. The van der Waals surface area contributed by atoms with Gasteiger partial charge in [0.2, 0.25) is 0 Å². The molecule has 8 nitrogen and oxygen atoms in total. The molecule has 2 aromatic carbocycles. The number of nitrogens with one attached hydrogen (secondary N) is 2. The normalized spacial score (nSPS) is 19.0. The summed E-state index contributed by atoms with van der Waals surface area (Å²) in [6, 6.07) is 9.04. The summed E-state index contributed by atoms with van der Waals surface area (Å²) >= 11 is 0. The third-order valence-electron chi connectivity index (χ3n) is 7.30. The lowest BCUT2D eigenvalue weighted by molar-refractivity contribution is -0.171. The lowest BCUT2D eigenvalue weighted by Gasteiger charge is -2.38. The van der Waals surface area contributed by atoms with E-state index in [1.54, 1.807) is 37.3 Å². The zero-order valence-corrected chi connectivity index (χ0v) is 21.9. The van der Waals surface area contributed by atoms with Crippen LogP contribution in [0.25, 0.3) is 11.3 Å². The van der Waals surface area contributed by atoms with Gasteiger partial charge in [0.25, 0.3) is 6.43 Å². The molecule has 3 heterocycles. The van der Waals surface area contributed by atoms with Crippen molar-refractivity contribution >= 4 is 17.4 Å². The van der Waals surface area contributed by atoms with Crippen LogP contribution in [0.15, 0.2) is 42.5 Å². The molecule has 13 heteroatoms. The molecule has 0 aliphatic carbocycles. The molecule has 3 aromatic rings. The minimum atomic E-state index is -5.02. The van der Waals surface area contributed by atoms with Crippen molar-refractivity contribution in [2.24, 2.45) is 0 Å². The van der Waals surface area contributed by atoms with E-state index in [0.717, 1.165) is 10.5 Å². The number of aromatic nitrogens is 2. The number of amides is 1. The number of halogens is 5. The molecule has 2 atom stereocenters. The number of alkyl halides is 5. The fourth-order valence-corrected chi connectivity index (χ4v) is 5.14. The molecule has 40 heavy (non-hydrogen) atoms. The molecule has 214 valence electrons. The van der Waals surface area contributed by atoms with E-state index in [-0.39, 0.29) is 25.2 Å². The van der Waals surface area contributed by atoms with Gasteiger partial charge >= 0.3 is 12.1 Å². The zero-order valence-electron chi connectivity index (χ0n) is 21.9. The number of aryl methyl sites for hydroxylation is 1. The largest absolute Gasteiger partial charge is 0.493 e. The topological polar surface area (TPSA) is 80.7 Å². The van der Waals surface area contributed by atoms with Crippen molar-refractivity contribution < 1.29 is 36.2 Å². The van der Waals surface area contributed by atoms with E-state index in [9.17, 15) is 26.7 Å². The van der Waals surface area contributed by atoms with Gasteiger partial charge in [-0.1, -0.05) is 12.1 Å². The van der Waals surface area contributed by atoms with Gasteiger partial charge in [-0.2, -0.15) is 18.3 Å². The maximum absolute atomic E-state index is 14.2. The van der Waals surface area contributed by atoms with E-state index in [1.807, 2.05) is 0 Å². The number of hydrogen-bond donors (Lipinski definition) is 2. The first-order chi connectivity index (χ1) is 19.0. The summed E-state index contributed by atoms with van der Waals surface area (Å²) in [5, 5.41) is 10.6. The summed E-state index contributed by atoms with van der Waals surface area (Å²) in [4.78, 5) is 12.9. The van der Waals surface area contributed by atoms with Gasteiger partial charge in [0.15, 0.2) is 11.5 Å². The minimum absolute atomic E-state index is 0.0587. The molecule has 2 aliphatic heterocycles. The highest BCUT2D eigenvalue weighted by Gasteiger charge is 2.46. The van der Waals surface area contributed by atoms with Crippen molar-refractivity contribution in [3.8, 4) is 22.8 Å². The Labute approximate surface area is 227 Å². The van der Waals surface area contributed by atoms with Crippen LogP contribution in [0.1, 0.15) is 29.6 Å². The predicted octanol–water partition coefficient (Wildman–Crippen LogP) is 5.11. The second-order valence-corrected chi connectivity index (χ2v) is 9.79. The number of methoxy groups -OCH3 is 2. The van der Waals surface area contributed by atoms with Gasteiger partial charge in [-0.15, -0.1) is 0 Å². The number of benzene rings is 2. The third kappa shape index (κ3) is 5.05. The summed E-state index contributed by atoms with van der Waals surface area (Å²) in [6.45, 7) is 2.17. The Bertz CT molecular complexity index is 1410. The fraction of sp³-hybridized carbons (Fsp3) is 0.407. The monoisotopic (exact) mass is 565 g/mol. The Morgan fingerprint density at radius 1 is 1.07 bits per heavy atom. The van der Waals surface area contributed by atoms with Crippen LogP contribution >= 0.6 is 0 Å². The van der Waals surface area contributed by atoms with Crippen LogP contribution in [0.4, 0.5) is 33.5 Å². The molecule has 1 fully saturated rings. The minimum Gasteiger partial charge on any atom is -0.493 e. The molecule has 1 amide bonds. The van der Waals surface area contributed by atoms with Gasteiger partial charge in [-0.25, -0.2) is 13.5 Å². The Morgan fingerprint density at radius 3 is 2.38 bits per heavy atom. The highest BCUT2D eigenvalue weighted by molar-refractivity contribution is 5.98. The molecule has 0 radical (unpaired) electrons. The average Bonchev–Trinajstić information content (AvgIpc) is 3.32. The van der Waals surface area contributed by atoms with Crippen molar-refractivity contribution in [3.63, 3.8) is 0 Å². The van der Waals surface area contributed by atoms with E-state index < -0.39 is 36.6 Å². The Hall–Kier alpha value is -3.87. The van der Waals surface area contributed by atoms with Crippen LogP contribution in [-0.2, 0) is 4.79 Å². The van der Waals surface area contributed by atoms with Crippen molar-refractivity contribution in [1.29, 1.82) is 0 Å². The second-order valence-electron chi connectivity index (χ2n) is 9.79. The molecule has 0 bridgehead atoms. The van der Waals surface area contributed by atoms with Crippen LogP contribution in [0, 0.1) is 6.92 Å². The summed E-state index contributed by atoms with van der Waals surface area (Å²) in [5.41, 5.74) is 2.32. The first-order valence-electron chi connectivity index (χ1n) is 12.6. The summed E-state index contributed by atoms with van der Waals surface area (Å²) in [6.07, 6.45) is -7.66. The molecule has 0 saturated carbocycles. The predicted molar refractivity (Wildman–Crippen MR) is 138 cm³/mol. The van der Waals surface area contributed by atoms with Crippen LogP contribution in [0.5, 0.6) is 11.5 Å². The molecule has 2 unspecified atom stereocenters. The van der Waals surface area contributed by atoms with E-state index in [1.165, 1.54) is 31.0 Å². The molecule has 5 rings (SSSR count). The van der Waals surface area contributed by atoms with Crippen LogP contribution in [0.2, 0.25) is 0 Å². The van der Waals surface area contributed by atoms with Crippen LogP contribution < -0.4 is 25.0 Å². The Kier molecular flexibility index (Phi) is 7.34. The number of anilines is 2. The highest BCUT2D eigenvalue weighted by Crippen LogP contribution is 2.42. The first kappa shape index (κ1) is 27.7. The quantitative estimate of drug-likeness (QED) is 0.388. The number of nitrogens with zero attached hydrogens (tertiary/aromatic N) is 3. The van der Waals surface area contributed by atoms with Gasteiger partial charge in [0.05, 0.1) is 32.0 Å². The smallest absolute Gasteiger partial charge is 0.471 e. The van der Waals surface area contributed by atoms with Gasteiger partial charge in [0.1, 0.15) is 11.9 Å². The van der Waals surface area contributed by atoms with E-state index >= 15 is 0 Å². The fourth-order valence-electron chi connectivity index (χ4n) is 5.14. The molecule has 1 saturated heterocycles. The Morgan fingerprint density at radius 2 is 1.80 bits per heavy atom. The molecule has 2 N–H and O–H groups in total. The summed E-state index contributed by atoms with van der Waals surface area (Å²) in [5.74, 6) is -0.567. The molecular formula is C27H28F5N5O3. The zero-order chi connectivity index (χ0) is 28.8. The Balaban J connectivity index is 1.47. The number of ether oxygens (including phenoxy) is 2. The first-order valence-corrected chi connectivity index (χ1v) is 12.6. The van der Waals surface area contributed by atoms with E-state index in [2.05, 4.69) is 15.7 Å². The number of fused-ring (bicyclic) bond motifs is 1. The number of rotatable bonds is 7. The van der Waals surface area contributed by atoms with Crippen LogP contribution in [0.3, 0.4) is 0 Å². The van der Waals surface area contributed by atoms with Crippen molar-refractivity contribution in [2.75, 3.05) is 37.5 Å². The van der Waals surface area contributed by atoms with E-state index in [0.29, 0.717) is 34.1 Å². The highest BCUT2D eigenvalue weighted by atomic mass is 19.4. The van der Waals surface area contributed by atoms with Crippen LogP contribution in [-0.4, -0.2) is 61.6 Å². The van der Waals surface area contributed by atoms with Gasteiger partial charge < -0.3 is 20.1 Å². The van der Waals surface area contributed by atoms with Crippen molar-refractivity contribution in [1.82, 2.24) is 15.1 Å². The molecule has 2 aliphatic rings. The average molecular weight is 566 g/mol. The van der Waals surface area contributed by atoms with E-state index in [4.69, 9.17) is 9.47 Å². The number of carbonyl (C=O) groups excluding carboxylic acids is 1. The van der Waals surface area contributed by atoms with Gasteiger partial charge in [-0.3, -0.25) is 9.69 Å². The second kappa shape index (κ2) is 10.6. The lowest BCUT2D eigenvalue weighted by Crippen LogP contribution is -2.61. The third-order valence-corrected chi connectivity index (χ3v) is 7.30. The number of hydrogen-bond acceptors (Lipinski definition) is 6. The maximum atomic E-state index is 14.2. The number of carbonyl (C=O) groups is 1. The van der Waals surface area contributed by atoms with Crippen molar-refractivity contribution in [3.05, 3.63) is 53.6 Å². The maximum Gasteiger partial charge on any atom is 0.471 e. The molecule has 1 aromatic heterocycles. The molecule has 0 spiro atoms. The molecular weight excluding hydrogens is 537 g/mol. The van der Waals surface area contributed by atoms with Gasteiger partial charge in [0, 0.05) is 30.4 Å².